The van der Waals surface area contributed by atoms with Crippen molar-refractivity contribution in [3.63, 3.8) is 0 Å². The summed E-state index contributed by atoms with van der Waals surface area (Å²) in [5.74, 6) is 0.389. The standard InChI is InChI=1S/C13H7Cl5/c14-6-7-1-2-9(15)8(5-7)12-10(16)3-4-11(17)13(12)18/h1-5H,6H2. The van der Waals surface area contributed by atoms with Crippen LogP contribution in [0.3, 0.4) is 0 Å². The van der Waals surface area contributed by atoms with Gasteiger partial charge in [-0.25, -0.2) is 0 Å². The predicted octanol–water partition coefficient (Wildman–Crippen LogP) is 6.71. The highest BCUT2D eigenvalue weighted by molar-refractivity contribution is 6.46. The van der Waals surface area contributed by atoms with E-state index in [9.17, 15) is 0 Å². The summed E-state index contributed by atoms with van der Waals surface area (Å²) in [5.41, 5.74) is 2.29. The van der Waals surface area contributed by atoms with Crippen LogP contribution in [0.1, 0.15) is 5.56 Å². The van der Waals surface area contributed by atoms with E-state index in [4.69, 9.17) is 58.0 Å². The maximum Gasteiger partial charge on any atom is 0.0686 e. The zero-order valence-corrected chi connectivity index (χ0v) is 12.8. The first-order chi connectivity index (χ1) is 8.54. The van der Waals surface area contributed by atoms with Crippen LogP contribution in [0.2, 0.25) is 20.1 Å². The number of benzene rings is 2. The van der Waals surface area contributed by atoms with Gasteiger partial charge in [-0.15, -0.1) is 11.6 Å². The first-order valence-corrected chi connectivity index (χ1v) is 7.07. The lowest BCUT2D eigenvalue weighted by Gasteiger charge is -2.11. The molecule has 0 aromatic heterocycles. The number of halogens is 5. The van der Waals surface area contributed by atoms with Crippen LogP contribution in [0.4, 0.5) is 0 Å². The molecule has 0 aliphatic heterocycles. The first kappa shape index (κ1) is 14.3. The Morgan fingerprint density at radius 1 is 0.778 bits per heavy atom. The molecule has 2 aromatic carbocycles. The summed E-state index contributed by atoms with van der Waals surface area (Å²) in [6.07, 6.45) is 0. The fraction of sp³-hybridized carbons (Fsp3) is 0.0769. The summed E-state index contributed by atoms with van der Waals surface area (Å²) in [7, 11) is 0. The lowest BCUT2D eigenvalue weighted by molar-refractivity contribution is 1.40. The van der Waals surface area contributed by atoms with Crippen molar-refractivity contribution in [1.82, 2.24) is 0 Å². The SMILES string of the molecule is ClCc1ccc(Cl)c(-c2c(Cl)ccc(Cl)c2Cl)c1. The van der Waals surface area contributed by atoms with E-state index in [1.807, 2.05) is 12.1 Å². The average Bonchev–Trinajstić information content (AvgIpc) is 2.36. The fourth-order valence-corrected chi connectivity index (χ4v) is 2.73. The van der Waals surface area contributed by atoms with Gasteiger partial charge in [0, 0.05) is 22.0 Å². The molecule has 2 aromatic rings. The molecule has 0 N–H and O–H groups in total. The second-order valence-electron chi connectivity index (χ2n) is 3.67. The van der Waals surface area contributed by atoms with Crippen LogP contribution in [0, 0.1) is 0 Å². The topological polar surface area (TPSA) is 0 Å². The summed E-state index contributed by atoms with van der Waals surface area (Å²) >= 11 is 30.4. The zero-order valence-electron chi connectivity index (χ0n) is 8.98. The Morgan fingerprint density at radius 2 is 1.39 bits per heavy atom. The molecule has 0 unspecified atom stereocenters. The molecule has 0 radical (unpaired) electrons. The molecule has 0 aliphatic rings. The van der Waals surface area contributed by atoms with Gasteiger partial charge in [0.2, 0.25) is 0 Å². The third kappa shape index (κ3) is 2.74. The maximum atomic E-state index is 6.19. The van der Waals surface area contributed by atoms with Crippen LogP contribution in [-0.4, -0.2) is 0 Å². The van der Waals surface area contributed by atoms with Gasteiger partial charge in [0.1, 0.15) is 0 Å². The largest absolute Gasteiger partial charge is 0.122 e. The van der Waals surface area contributed by atoms with Crippen LogP contribution in [0.15, 0.2) is 30.3 Å². The maximum absolute atomic E-state index is 6.19. The van der Waals surface area contributed by atoms with Crippen LogP contribution in [0.5, 0.6) is 0 Å². The minimum Gasteiger partial charge on any atom is -0.122 e. The van der Waals surface area contributed by atoms with Crippen LogP contribution >= 0.6 is 58.0 Å². The minimum atomic E-state index is 0.387. The summed E-state index contributed by atoms with van der Waals surface area (Å²) in [6.45, 7) is 0. The molecule has 0 spiro atoms. The number of hydrogen-bond donors (Lipinski definition) is 0. The highest BCUT2D eigenvalue weighted by atomic mass is 35.5. The molecule has 94 valence electrons. The molecule has 0 aliphatic carbocycles. The lowest BCUT2D eigenvalue weighted by Crippen LogP contribution is -1.87. The molecule has 0 fully saturated rings. The average molecular weight is 340 g/mol. The summed E-state index contributed by atoms with van der Waals surface area (Å²) in [6, 6.07) is 8.82. The third-order valence-corrected chi connectivity index (χ3v) is 4.26. The molecular formula is C13H7Cl5. The van der Waals surface area contributed by atoms with Crippen LogP contribution < -0.4 is 0 Å². The lowest BCUT2D eigenvalue weighted by atomic mass is 10.0. The van der Waals surface area contributed by atoms with Gasteiger partial charge in [-0.1, -0.05) is 52.5 Å². The van der Waals surface area contributed by atoms with Gasteiger partial charge >= 0.3 is 0 Å². The second kappa shape index (κ2) is 5.90. The summed E-state index contributed by atoms with van der Waals surface area (Å²) in [4.78, 5) is 0. The Hall–Kier alpha value is -0.110. The van der Waals surface area contributed by atoms with E-state index in [2.05, 4.69) is 0 Å². The minimum absolute atomic E-state index is 0.387. The van der Waals surface area contributed by atoms with E-state index in [1.165, 1.54) is 0 Å². The van der Waals surface area contributed by atoms with E-state index in [1.54, 1.807) is 18.2 Å². The molecule has 5 heteroatoms. The molecule has 0 nitrogen and oxygen atoms in total. The number of alkyl halides is 1. The van der Waals surface area contributed by atoms with E-state index >= 15 is 0 Å². The van der Waals surface area contributed by atoms with Gasteiger partial charge in [-0.2, -0.15) is 0 Å². The van der Waals surface area contributed by atoms with Gasteiger partial charge < -0.3 is 0 Å². The summed E-state index contributed by atoms with van der Waals surface area (Å²) in [5, 5.41) is 1.87. The molecule has 2 rings (SSSR count). The molecule has 0 bridgehead atoms. The van der Waals surface area contributed by atoms with Gasteiger partial charge in [-0.05, 0) is 29.8 Å². The van der Waals surface area contributed by atoms with Gasteiger partial charge in [-0.3, -0.25) is 0 Å². The molecule has 0 heterocycles. The monoisotopic (exact) mass is 338 g/mol. The molecule has 0 atom stereocenters. The van der Waals surface area contributed by atoms with Crippen molar-refractivity contribution in [2.45, 2.75) is 5.88 Å². The van der Waals surface area contributed by atoms with E-state index in [0.717, 1.165) is 11.1 Å². The second-order valence-corrected chi connectivity index (χ2v) is 5.53. The Bertz CT molecular complexity index is 592. The van der Waals surface area contributed by atoms with E-state index < -0.39 is 0 Å². The molecule has 0 saturated heterocycles. The van der Waals surface area contributed by atoms with Crippen molar-refractivity contribution in [3.8, 4) is 11.1 Å². The highest BCUT2D eigenvalue weighted by Crippen LogP contribution is 2.42. The quantitative estimate of drug-likeness (QED) is 0.421. The molecule has 0 amide bonds. The van der Waals surface area contributed by atoms with Crippen LogP contribution in [0.25, 0.3) is 11.1 Å². The van der Waals surface area contributed by atoms with Gasteiger partial charge in [0.25, 0.3) is 0 Å². The van der Waals surface area contributed by atoms with Gasteiger partial charge in [0.15, 0.2) is 0 Å². The Morgan fingerprint density at radius 3 is 2.06 bits per heavy atom. The zero-order chi connectivity index (χ0) is 13.3. The van der Waals surface area contributed by atoms with Crippen LogP contribution in [-0.2, 0) is 5.88 Å². The summed E-state index contributed by atoms with van der Waals surface area (Å²) < 4.78 is 0. The van der Waals surface area contributed by atoms with Crippen molar-refractivity contribution in [2.75, 3.05) is 0 Å². The first-order valence-electron chi connectivity index (χ1n) is 5.03. The molecular weight excluding hydrogens is 333 g/mol. The van der Waals surface area contributed by atoms with Crippen molar-refractivity contribution < 1.29 is 0 Å². The van der Waals surface area contributed by atoms with E-state index in [0.29, 0.717) is 31.5 Å². The number of rotatable bonds is 2. The van der Waals surface area contributed by atoms with Crippen molar-refractivity contribution >= 4 is 58.0 Å². The smallest absolute Gasteiger partial charge is 0.0686 e. The highest BCUT2D eigenvalue weighted by Gasteiger charge is 2.15. The van der Waals surface area contributed by atoms with Crippen molar-refractivity contribution in [3.05, 3.63) is 56.0 Å². The molecule has 0 saturated carbocycles. The van der Waals surface area contributed by atoms with Gasteiger partial charge in [0.05, 0.1) is 15.1 Å². The van der Waals surface area contributed by atoms with Crippen molar-refractivity contribution in [2.24, 2.45) is 0 Å². The fourth-order valence-electron chi connectivity index (χ4n) is 1.62. The molecule has 18 heavy (non-hydrogen) atoms. The number of hydrogen-bond acceptors (Lipinski definition) is 0. The van der Waals surface area contributed by atoms with E-state index in [-0.39, 0.29) is 0 Å². The third-order valence-electron chi connectivity index (χ3n) is 2.50. The Balaban J connectivity index is 2.72. The Labute approximate surface area is 130 Å². The normalized spacial score (nSPS) is 10.7. The predicted molar refractivity (Wildman–Crippen MR) is 81.5 cm³/mol. The van der Waals surface area contributed by atoms with Crippen molar-refractivity contribution in [1.29, 1.82) is 0 Å². The Kier molecular flexibility index (Phi) is 4.69.